The summed E-state index contributed by atoms with van der Waals surface area (Å²) in [6.45, 7) is 0. The highest BCUT2D eigenvalue weighted by molar-refractivity contribution is 6.32. The molecule has 1 amide bonds. The van der Waals surface area contributed by atoms with Gasteiger partial charge in [-0.1, -0.05) is 11.6 Å². The molecule has 1 rings (SSSR count). The fourth-order valence-electron chi connectivity index (χ4n) is 0.952. The van der Waals surface area contributed by atoms with Crippen molar-refractivity contribution in [2.75, 3.05) is 0 Å². The van der Waals surface area contributed by atoms with E-state index in [9.17, 15) is 23.7 Å². The minimum atomic E-state index is -4.30. The van der Waals surface area contributed by atoms with Crippen molar-refractivity contribution in [2.45, 2.75) is 6.11 Å². The summed E-state index contributed by atoms with van der Waals surface area (Å²) in [4.78, 5) is 20.3. The van der Waals surface area contributed by atoms with Crippen LogP contribution in [0.2, 0.25) is 5.02 Å². The number of carbonyl (C=O) groups is 1. The Kier molecular flexibility index (Phi) is 3.99. The number of hydrogen-bond donors (Lipinski definition) is 2. The van der Waals surface area contributed by atoms with Crippen LogP contribution in [-0.4, -0.2) is 16.9 Å². The molecule has 3 N–H and O–H groups in total. The van der Waals surface area contributed by atoms with Gasteiger partial charge in [0.1, 0.15) is 0 Å². The Bertz CT molecular complexity index is 497. The molecule has 0 aromatic heterocycles. The number of nitrogens with two attached hydrogens (primary N) is 1. The largest absolute Gasteiger partial charge is 0.483 e. The van der Waals surface area contributed by atoms with Crippen LogP contribution in [0.15, 0.2) is 18.2 Å². The molecule has 10 heteroatoms. The molecule has 18 heavy (non-hydrogen) atoms. The zero-order valence-corrected chi connectivity index (χ0v) is 9.28. The van der Waals surface area contributed by atoms with Crippen LogP contribution in [0.5, 0.6) is 5.75 Å². The van der Waals surface area contributed by atoms with E-state index in [-0.39, 0.29) is 5.02 Å². The Balaban J connectivity index is 3.07. The van der Waals surface area contributed by atoms with E-state index in [1.807, 2.05) is 0 Å². The average molecular weight is 282 g/mol. The van der Waals surface area contributed by atoms with Gasteiger partial charge in [-0.05, 0) is 6.07 Å². The van der Waals surface area contributed by atoms with Gasteiger partial charge in [-0.15, -0.1) is 0 Å². The van der Waals surface area contributed by atoms with E-state index in [1.165, 1.54) is 5.43 Å². The van der Waals surface area contributed by atoms with Crippen LogP contribution in [-0.2, 0) is 4.79 Å². The van der Waals surface area contributed by atoms with Crippen LogP contribution in [0.25, 0.3) is 0 Å². The lowest BCUT2D eigenvalue weighted by molar-refractivity contribution is -0.385. The van der Waals surface area contributed by atoms with Crippen LogP contribution in [0, 0.1) is 10.1 Å². The maximum Gasteiger partial charge on any atom is 0.483 e. The van der Waals surface area contributed by atoms with Gasteiger partial charge in [0, 0.05) is 6.07 Å². The Morgan fingerprint density at radius 2 is 2.17 bits per heavy atom. The van der Waals surface area contributed by atoms with Gasteiger partial charge in [0.05, 0.1) is 16.0 Å². The average Bonchev–Trinajstić information content (AvgIpc) is 2.30. The maximum atomic E-state index is 13.1. The molecule has 7 nitrogen and oxygen atoms in total. The van der Waals surface area contributed by atoms with Crippen molar-refractivity contribution in [1.29, 1.82) is 0 Å². The van der Waals surface area contributed by atoms with E-state index in [1.54, 1.807) is 0 Å². The topological polar surface area (TPSA) is 107 Å². The summed E-state index contributed by atoms with van der Waals surface area (Å²) in [5, 5.41) is 10.1. The van der Waals surface area contributed by atoms with E-state index in [0.29, 0.717) is 6.07 Å². The van der Waals surface area contributed by atoms with E-state index in [0.717, 1.165) is 12.1 Å². The van der Waals surface area contributed by atoms with Crippen molar-refractivity contribution < 1.29 is 23.2 Å². The summed E-state index contributed by atoms with van der Waals surface area (Å²) in [6.07, 6.45) is -4.30. The quantitative estimate of drug-likeness (QED) is 0.373. The summed E-state index contributed by atoms with van der Waals surface area (Å²) in [6, 6.07) is 2.65. The van der Waals surface area contributed by atoms with Crippen molar-refractivity contribution >= 4 is 23.2 Å². The maximum absolute atomic E-state index is 13.1. The molecule has 0 saturated heterocycles. The van der Waals surface area contributed by atoms with Crippen molar-refractivity contribution in [1.82, 2.24) is 5.43 Å². The monoisotopic (exact) mass is 281 g/mol. The second-order valence-corrected chi connectivity index (χ2v) is 3.37. The molecule has 0 aliphatic rings. The molecule has 0 fully saturated rings. The fourth-order valence-corrected chi connectivity index (χ4v) is 1.11. The third-order valence-corrected chi connectivity index (χ3v) is 2.07. The lowest BCUT2D eigenvalue weighted by Gasteiger charge is -2.16. The lowest BCUT2D eigenvalue weighted by Crippen LogP contribution is -2.47. The molecule has 0 bridgehead atoms. The molecule has 0 saturated carbocycles. The first-order chi connectivity index (χ1) is 8.27. The highest BCUT2D eigenvalue weighted by Gasteiger charge is 2.42. The van der Waals surface area contributed by atoms with E-state index in [4.69, 9.17) is 11.6 Å². The SMILES string of the molecule is NNC(=O)C(F)(F)Oc1cc([N+](=O)[O-])ccc1Cl. The number of ether oxygens (including phenoxy) is 1. The third-order valence-electron chi connectivity index (χ3n) is 1.76. The van der Waals surface area contributed by atoms with E-state index < -0.39 is 28.4 Å². The van der Waals surface area contributed by atoms with Crippen LogP contribution in [0.1, 0.15) is 0 Å². The van der Waals surface area contributed by atoms with Crippen LogP contribution < -0.4 is 16.0 Å². The Hall–Kier alpha value is -2.00. The number of hydrogen-bond acceptors (Lipinski definition) is 5. The van der Waals surface area contributed by atoms with Crippen LogP contribution >= 0.6 is 11.6 Å². The van der Waals surface area contributed by atoms with Crippen molar-refractivity contribution in [3.05, 3.63) is 33.3 Å². The predicted octanol–water partition coefficient (Wildman–Crippen LogP) is 1.21. The highest BCUT2D eigenvalue weighted by atomic mass is 35.5. The molecular weight excluding hydrogens is 276 g/mol. The fraction of sp³-hybridized carbons (Fsp3) is 0.125. The zero-order chi connectivity index (χ0) is 13.9. The number of nitro groups is 1. The Labute approximate surface area is 104 Å². The standard InChI is InChI=1S/C8H6ClF2N3O4/c9-5-2-1-4(14(16)17)3-6(5)18-8(10,11)7(15)13-12/h1-3H,12H2,(H,13,15). The highest BCUT2D eigenvalue weighted by Crippen LogP contribution is 2.32. The van der Waals surface area contributed by atoms with Crippen molar-refractivity contribution in [3.63, 3.8) is 0 Å². The Morgan fingerprint density at radius 1 is 1.56 bits per heavy atom. The molecule has 98 valence electrons. The van der Waals surface area contributed by atoms with E-state index in [2.05, 4.69) is 10.6 Å². The summed E-state index contributed by atoms with van der Waals surface area (Å²) in [5.41, 5.74) is 0.676. The molecule has 0 spiro atoms. The number of carbonyl (C=O) groups excluding carboxylic acids is 1. The number of amides is 1. The minimum Gasteiger partial charge on any atom is -0.423 e. The summed E-state index contributed by atoms with van der Waals surface area (Å²) in [7, 11) is 0. The second kappa shape index (κ2) is 5.10. The minimum absolute atomic E-state index is 0.315. The van der Waals surface area contributed by atoms with E-state index >= 15 is 0 Å². The number of nitrogens with one attached hydrogen (secondary N) is 1. The zero-order valence-electron chi connectivity index (χ0n) is 8.52. The number of benzene rings is 1. The molecular formula is C8H6ClF2N3O4. The molecule has 1 aromatic rings. The van der Waals surface area contributed by atoms with Gasteiger partial charge in [-0.3, -0.25) is 20.3 Å². The number of nitro benzene ring substituents is 1. The van der Waals surface area contributed by atoms with Crippen LogP contribution in [0.3, 0.4) is 0 Å². The first-order valence-corrected chi connectivity index (χ1v) is 4.67. The van der Waals surface area contributed by atoms with Crippen molar-refractivity contribution in [3.8, 4) is 5.75 Å². The first-order valence-electron chi connectivity index (χ1n) is 4.29. The molecule has 0 atom stereocenters. The molecule has 0 heterocycles. The number of nitrogens with zero attached hydrogens (tertiary/aromatic N) is 1. The predicted molar refractivity (Wildman–Crippen MR) is 56.0 cm³/mol. The number of hydrazine groups is 1. The number of alkyl halides is 2. The van der Waals surface area contributed by atoms with Gasteiger partial charge in [0.2, 0.25) is 0 Å². The summed E-state index contributed by atoms with van der Waals surface area (Å²) < 4.78 is 30.2. The first kappa shape index (κ1) is 14.1. The Morgan fingerprint density at radius 3 is 2.67 bits per heavy atom. The normalized spacial score (nSPS) is 10.9. The molecule has 0 radical (unpaired) electrons. The molecule has 0 unspecified atom stereocenters. The van der Waals surface area contributed by atoms with Gasteiger partial charge in [0.15, 0.2) is 5.75 Å². The number of rotatable bonds is 4. The van der Waals surface area contributed by atoms with Gasteiger partial charge in [0.25, 0.3) is 5.69 Å². The second-order valence-electron chi connectivity index (χ2n) is 2.96. The van der Waals surface area contributed by atoms with Gasteiger partial charge in [-0.2, -0.15) is 8.78 Å². The lowest BCUT2D eigenvalue weighted by atomic mass is 10.3. The van der Waals surface area contributed by atoms with Gasteiger partial charge in [-0.25, -0.2) is 5.84 Å². The molecule has 0 aliphatic carbocycles. The molecule has 1 aromatic carbocycles. The smallest absolute Gasteiger partial charge is 0.423 e. The summed E-state index contributed by atoms with van der Waals surface area (Å²) in [5.74, 6) is 1.91. The van der Waals surface area contributed by atoms with Gasteiger partial charge >= 0.3 is 12.0 Å². The van der Waals surface area contributed by atoms with Crippen molar-refractivity contribution in [2.24, 2.45) is 5.84 Å². The summed E-state index contributed by atoms with van der Waals surface area (Å²) >= 11 is 5.51. The molecule has 0 aliphatic heterocycles. The number of non-ortho nitro benzene ring substituents is 1. The number of halogens is 3. The third kappa shape index (κ3) is 3.02. The van der Waals surface area contributed by atoms with Crippen LogP contribution in [0.4, 0.5) is 14.5 Å². The van der Waals surface area contributed by atoms with Gasteiger partial charge < -0.3 is 4.74 Å².